The van der Waals surface area contributed by atoms with E-state index in [1.54, 1.807) is 4.90 Å². The summed E-state index contributed by atoms with van der Waals surface area (Å²) in [6.07, 6.45) is 1.44. The highest BCUT2D eigenvalue weighted by Gasteiger charge is 2.48. The van der Waals surface area contributed by atoms with E-state index in [-0.39, 0.29) is 17.3 Å². The zero-order valence-corrected chi connectivity index (χ0v) is 10.6. The number of nitrogens with zero attached hydrogens (tertiary/aromatic N) is 1. The van der Waals surface area contributed by atoms with E-state index in [9.17, 15) is 9.59 Å². The molecule has 0 aromatic carbocycles. The molecule has 1 rings (SSSR count). The summed E-state index contributed by atoms with van der Waals surface area (Å²) in [6.45, 7) is 8.79. The van der Waals surface area contributed by atoms with Gasteiger partial charge in [-0.25, -0.2) is 0 Å². The van der Waals surface area contributed by atoms with E-state index in [0.29, 0.717) is 6.54 Å². The zero-order valence-electron chi connectivity index (χ0n) is 10.6. The Kier molecular flexibility index (Phi) is 3.94. The molecule has 1 amide bonds. The number of amides is 1. The number of hydrogen-bond acceptors (Lipinski definition) is 3. The summed E-state index contributed by atoms with van der Waals surface area (Å²) in [4.78, 5) is 24.8. The number of unbranched alkanes of at least 4 members (excludes halogenated alkanes) is 1. The first-order valence-corrected chi connectivity index (χ1v) is 5.84. The zero-order chi connectivity index (χ0) is 12.3. The Morgan fingerprint density at radius 3 is 2.69 bits per heavy atom. The van der Waals surface area contributed by atoms with Gasteiger partial charge in [-0.15, -0.1) is 0 Å². The van der Waals surface area contributed by atoms with E-state index in [1.807, 2.05) is 13.8 Å². The first-order valence-electron chi connectivity index (χ1n) is 5.84. The molecule has 0 saturated carbocycles. The van der Waals surface area contributed by atoms with Gasteiger partial charge in [-0.2, -0.15) is 0 Å². The number of rotatable bonds is 4. The van der Waals surface area contributed by atoms with Gasteiger partial charge in [-0.3, -0.25) is 9.59 Å². The smallest absolute Gasteiger partial charge is 0.303 e. The normalized spacial score (nSPS) is 23.6. The third-order valence-electron chi connectivity index (χ3n) is 2.91. The van der Waals surface area contributed by atoms with Gasteiger partial charge in [0.2, 0.25) is 0 Å². The minimum atomic E-state index is -0.609. The number of ether oxygens (including phenoxy) is 1. The van der Waals surface area contributed by atoms with Crippen LogP contribution in [0.3, 0.4) is 0 Å². The number of esters is 1. The van der Waals surface area contributed by atoms with E-state index in [0.717, 1.165) is 19.4 Å². The van der Waals surface area contributed by atoms with Crippen molar-refractivity contribution >= 4 is 11.9 Å². The van der Waals surface area contributed by atoms with Crippen LogP contribution in [0, 0.1) is 5.41 Å². The van der Waals surface area contributed by atoms with Gasteiger partial charge in [0, 0.05) is 25.4 Å². The lowest BCUT2D eigenvalue weighted by molar-refractivity contribution is -0.158. The maximum atomic E-state index is 12.0. The standard InChI is InChI=1S/C12H21NO3/c1-5-6-7-13-8-12(3,4)10(11(13)15)16-9(2)14/h10H,5-8H2,1-4H3/t10-/m0/s1. The molecule has 92 valence electrons. The van der Waals surface area contributed by atoms with Gasteiger partial charge in [-0.05, 0) is 6.42 Å². The fourth-order valence-electron chi connectivity index (χ4n) is 2.07. The molecule has 16 heavy (non-hydrogen) atoms. The molecule has 1 heterocycles. The highest BCUT2D eigenvalue weighted by molar-refractivity contribution is 5.86. The SMILES string of the molecule is CCCCN1CC(C)(C)[C@@H](OC(C)=O)C1=O. The number of carbonyl (C=O) groups is 2. The molecular formula is C12H21NO3. The van der Waals surface area contributed by atoms with Crippen molar-refractivity contribution in [2.24, 2.45) is 5.41 Å². The molecular weight excluding hydrogens is 206 g/mol. The molecule has 0 radical (unpaired) electrons. The van der Waals surface area contributed by atoms with Crippen molar-refractivity contribution in [1.82, 2.24) is 4.90 Å². The largest absolute Gasteiger partial charge is 0.452 e. The van der Waals surface area contributed by atoms with Gasteiger partial charge in [0.05, 0.1) is 0 Å². The predicted octanol–water partition coefficient (Wildman–Crippen LogP) is 1.59. The van der Waals surface area contributed by atoms with Gasteiger partial charge in [0.25, 0.3) is 5.91 Å². The average molecular weight is 227 g/mol. The molecule has 1 fully saturated rings. The van der Waals surface area contributed by atoms with E-state index in [4.69, 9.17) is 4.74 Å². The highest BCUT2D eigenvalue weighted by atomic mass is 16.5. The van der Waals surface area contributed by atoms with Crippen molar-refractivity contribution in [2.75, 3.05) is 13.1 Å². The summed E-state index contributed by atoms with van der Waals surface area (Å²) in [7, 11) is 0. The Hall–Kier alpha value is -1.06. The van der Waals surface area contributed by atoms with E-state index in [2.05, 4.69) is 6.92 Å². The first kappa shape index (κ1) is 13.0. The van der Waals surface area contributed by atoms with Crippen LogP contribution in [-0.2, 0) is 14.3 Å². The second kappa shape index (κ2) is 4.85. The Balaban J connectivity index is 2.70. The molecule has 4 heteroatoms. The Morgan fingerprint density at radius 1 is 1.56 bits per heavy atom. The third-order valence-corrected chi connectivity index (χ3v) is 2.91. The van der Waals surface area contributed by atoms with Gasteiger partial charge in [0.15, 0.2) is 6.10 Å². The third kappa shape index (κ3) is 2.74. The molecule has 0 spiro atoms. The Labute approximate surface area is 96.9 Å². The maximum Gasteiger partial charge on any atom is 0.303 e. The quantitative estimate of drug-likeness (QED) is 0.685. The van der Waals surface area contributed by atoms with Crippen LogP contribution in [0.4, 0.5) is 0 Å². The Bertz CT molecular complexity index is 286. The fraction of sp³-hybridized carbons (Fsp3) is 0.833. The lowest BCUT2D eigenvalue weighted by atomic mass is 9.90. The van der Waals surface area contributed by atoms with Gasteiger partial charge >= 0.3 is 5.97 Å². The second-order valence-electron chi connectivity index (χ2n) is 5.09. The average Bonchev–Trinajstić information content (AvgIpc) is 2.38. The lowest BCUT2D eigenvalue weighted by Gasteiger charge is -2.22. The van der Waals surface area contributed by atoms with Crippen LogP contribution >= 0.6 is 0 Å². The van der Waals surface area contributed by atoms with Gasteiger partial charge < -0.3 is 9.64 Å². The maximum absolute atomic E-state index is 12.0. The molecule has 1 aliphatic heterocycles. The van der Waals surface area contributed by atoms with Crippen molar-refractivity contribution in [3.63, 3.8) is 0 Å². The van der Waals surface area contributed by atoms with Crippen LogP contribution in [0.2, 0.25) is 0 Å². The molecule has 0 unspecified atom stereocenters. The molecule has 0 aromatic heterocycles. The Morgan fingerprint density at radius 2 is 2.19 bits per heavy atom. The van der Waals surface area contributed by atoms with Crippen LogP contribution in [0.15, 0.2) is 0 Å². The summed E-state index contributed by atoms with van der Waals surface area (Å²) in [6, 6.07) is 0. The van der Waals surface area contributed by atoms with Crippen molar-refractivity contribution in [3.8, 4) is 0 Å². The minimum Gasteiger partial charge on any atom is -0.452 e. The van der Waals surface area contributed by atoms with Crippen LogP contribution in [0.1, 0.15) is 40.5 Å². The van der Waals surface area contributed by atoms with Gasteiger partial charge in [-0.1, -0.05) is 27.2 Å². The summed E-state index contributed by atoms with van der Waals surface area (Å²) in [5, 5.41) is 0. The number of carbonyl (C=O) groups excluding carboxylic acids is 2. The van der Waals surface area contributed by atoms with Crippen LogP contribution in [0.5, 0.6) is 0 Å². The lowest BCUT2D eigenvalue weighted by Crippen LogP contribution is -2.35. The van der Waals surface area contributed by atoms with Crippen molar-refractivity contribution in [3.05, 3.63) is 0 Å². The molecule has 1 atom stereocenters. The summed E-state index contributed by atoms with van der Waals surface area (Å²) < 4.78 is 5.12. The van der Waals surface area contributed by atoms with E-state index in [1.165, 1.54) is 6.92 Å². The van der Waals surface area contributed by atoms with E-state index >= 15 is 0 Å². The van der Waals surface area contributed by atoms with Crippen LogP contribution in [0.25, 0.3) is 0 Å². The number of hydrogen-bond donors (Lipinski definition) is 0. The molecule has 0 aliphatic carbocycles. The molecule has 1 saturated heterocycles. The molecule has 1 aliphatic rings. The summed E-state index contributed by atoms with van der Waals surface area (Å²) >= 11 is 0. The predicted molar refractivity (Wildman–Crippen MR) is 60.8 cm³/mol. The van der Waals surface area contributed by atoms with Crippen molar-refractivity contribution in [2.45, 2.75) is 46.6 Å². The molecule has 0 N–H and O–H groups in total. The topological polar surface area (TPSA) is 46.6 Å². The monoisotopic (exact) mass is 227 g/mol. The number of likely N-dealkylation sites (tertiary alicyclic amines) is 1. The van der Waals surface area contributed by atoms with E-state index < -0.39 is 6.10 Å². The molecule has 4 nitrogen and oxygen atoms in total. The minimum absolute atomic E-state index is 0.0475. The molecule has 0 bridgehead atoms. The summed E-state index contributed by atoms with van der Waals surface area (Å²) in [5.74, 6) is -0.433. The van der Waals surface area contributed by atoms with Gasteiger partial charge in [0.1, 0.15) is 0 Å². The highest BCUT2D eigenvalue weighted by Crippen LogP contribution is 2.33. The summed E-state index contributed by atoms with van der Waals surface area (Å²) in [5.41, 5.74) is -0.281. The first-order chi connectivity index (χ1) is 7.38. The molecule has 0 aromatic rings. The van der Waals surface area contributed by atoms with Crippen molar-refractivity contribution in [1.29, 1.82) is 0 Å². The second-order valence-corrected chi connectivity index (χ2v) is 5.09. The van der Waals surface area contributed by atoms with Crippen LogP contribution in [-0.4, -0.2) is 36.0 Å². The fourth-order valence-corrected chi connectivity index (χ4v) is 2.07. The van der Waals surface area contributed by atoms with Crippen LogP contribution < -0.4 is 0 Å². The van der Waals surface area contributed by atoms with Crippen molar-refractivity contribution < 1.29 is 14.3 Å².